The van der Waals surface area contributed by atoms with Gasteiger partial charge >= 0.3 is 11.9 Å². The van der Waals surface area contributed by atoms with E-state index in [4.69, 9.17) is 21.7 Å². The Hall–Kier alpha value is -3.88. The number of nitrogens with zero attached hydrogens (tertiary/aromatic N) is 1. The molecule has 0 aliphatic carbocycles. The highest BCUT2D eigenvalue weighted by molar-refractivity contribution is 6.04. The molecule has 9 nitrogen and oxygen atoms in total. The van der Waals surface area contributed by atoms with E-state index < -0.39 is 17.8 Å². The predicted octanol–water partition coefficient (Wildman–Crippen LogP) is 1.46. The molecule has 0 aliphatic heterocycles. The molecule has 2 rings (SSSR count). The molecule has 0 aromatic heterocycles. The molecule has 2 amide bonds. The highest BCUT2D eigenvalue weighted by Crippen LogP contribution is 2.20. The lowest BCUT2D eigenvalue weighted by atomic mass is 10.0. The van der Waals surface area contributed by atoms with Gasteiger partial charge in [-0.05, 0) is 36.8 Å². The average Bonchev–Trinajstić information content (AvgIpc) is 2.63. The van der Waals surface area contributed by atoms with Crippen LogP contribution in [0.2, 0.25) is 0 Å². The van der Waals surface area contributed by atoms with E-state index in [2.05, 4.69) is 0 Å². The first-order valence-corrected chi connectivity index (χ1v) is 7.95. The fourth-order valence-corrected chi connectivity index (χ4v) is 2.28. The van der Waals surface area contributed by atoms with Crippen LogP contribution in [0.15, 0.2) is 36.4 Å². The molecular formula is C19H21N3O6. The summed E-state index contributed by atoms with van der Waals surface area (Å²) in [6, 6.07) is 8.78. The molecule has 0 aliphatic rings. The van der Waals surface area contributed by atoms with Gasteiger partial charge in [-0.3, -0.25) is 9.59 Å². The van der Waals surface area contributed by atoms with E-state index >= 15 is 0 Å². The van der Waals surface area contributed by atoms with Crippen LogP contribution >= 0.6 is 0 Å². The van der Waals surface area contributed by atoms with Gasteiger partial charge in [0.25, 0.3) is 5.91 Å². The van der Waals surface area contributed by atoms with Crippen LogP contribution in [-0.4, -0.2) is 53.0 Å². The van der Waals surface area contributed by atoms with Crippen molar-refractivity contribution in [1.29, 1.82) is 0 Å². The monoisotopic (exact) mass is 387 g/mol. The minimum atomic E-state index is -1.12. The van der Waals surface area contributed by atoms with E-state index in [-0.39, 0.29) is 33.8 Å². The first-order valence-electron chi connectivity index (χ1n) is 7.95. The minimum absolute atomic E-state index is 0.0208. The maximum Gasteiger partial charge on any atom is 0.337 e. The molecule has 9 heteroatoms. The second-order valence-electron chi connectivity index (χ2n) is 5.92. The lowest BCUT2D eigenvalue weighted by Crippen LogP contribution is -2.23. The van der Waals surface area contributed by atoms with E-state index in [9.17, 15) is 19.2 Å². The standard InChI is InChI=1S/C10H11NO3.C9H10N2O3/c1-11(2)9(12)7-5-3-4-6-8(7)10(13)14;1-4-5(8(11)12)2-3-6(7(4)10)9(13)14/h3-6H,1-2H3,(H,13,14);2-3H,10H2,1H3,(H2,11,12)(H,13,14). The van der Waals surface area contributed by atoms with E-state index in [1.807, 2.05) is 0 Å². The number of carboxylic acid groups (broad SMARTS) is 2. The summed E-state index contributed by atoms with van der Waals surface area (Å²) < 4.78 is 0. The number of amides is 2. The molecule has 0 saturated carbocycles. The maximum atomic E-state index is 11.5. The van der Waals surface area contributed by atoms with Crippen molar-refractivity contribution in [2.45, 2.75) is 6.92 Å². The molecule has 148 valence electrons. The molecule has 0 saturated heterocycles. The smallest absolute Gasteiger partial charge is 0.337 e. The maximum absolute atomic E-state index is 11.5. The first-order chi connectivity index (χ1) is 13.0. The van der Waals surface area contributed by atoms with Crippen molar-refractivity contribution < 1.29 is 29.4 Å². The topological polar surface area (TPSA) is 164 Å². The van der Waals surface area contributed by atoms with E-state index in [1.54, 1.807) is 33.2 Å². The Kier molecular flexibility index (Phi) is 7.26. The van der Waals surface area contributed by atoms with Gasteiger partial charge < -0.3 is 26.6 Å². The molecule has 0 bridgehead atoms. The van der Waals surface area contributed by atoms with Gasteiger partial charge in [-0.15, -0.1) is 0 Å². The number of rotatable bonds is 4. The highest BCUT2D eigenvalue weighted by atomic mass is 16.4. The van der Waals surface area contributed by atoms with Gasteiger partial charge in [0.15, 0.2) is 0 Å². The normalized spacial score (nSPS) is 9.68. The van der Waals surface area contributed by atoms with Gasteiger partial charge in [0, 0.05) is 25.3 Å². The summed E-state index contributed by atoms with van der Waals surface area (Å²) in [5.41, 5.74) is 11.5. The van der Waals surface area contributed by atoms with Crippen molar-refractivity contribution in [1.82, 2.24) is 4.90 Å². The molecule has 0 heterocycles. The van der Waals surface area contributed by atoms with Gasteiger partial charge in [-0.1, -0.05) is 12.1 Å². The highest BCUT2D eigenvalue weighted by Gasteiger charge is 2.16. The van der Waals surface area contributed by atoms with E-state index in [1.165, 1.54) is 29.2 Å². The van der Waals surface area contributed by atoms with Crippen molar-refractivity contribution in [3.05, 3.63) is 64.2 Å². The predicted molar refractivity (Wildman–Crippen MR) is 102 cm³/mol. The zero-order valence-electron chi connectivity index (χ0n) is 15.6. The molecule has 2 aromatic rings. The molecular weight excluding hydrogens is 366 g/mol. The quantitative estimate of drug-likeness (QED) is 0.577. The number of anilines is 1. The third-order valence-electron chi connectivity index (χ3n) is 3.80. The molecule has 28 heavy (non-hydrogen) atoms. The Labute approximate surface area is 161 Å². The third kappa shape index (κ3) is 5.07. The minimum Gasteiger partial charge on any atom is -0.478 e. The molecule has 0 spiro atoms. The third-order valence-corrected chi connectivity index (χ3v) is 3.80. The second-order valence-corrected chi connectivity index (χ2v) is 5.92. The molecule has 6 N–H and O–H groups in total. The fraction of sp³-hybridized carbons (Fsp3) is 0.158. The van der Waals surface area contributed by atoms with Gasteiger partial charge in [-0.2, -0.15) is 0 Å². The van der Waals surface area contributed by atoms with E-state index in [0.717, 1.165) is 0 Å². The van der Waals surface area contributed by atoms with Crippen molar-refractivity contribution in [3.63, 3.8) is 0 Å². The number of carbonyl (C=O) groups excluding carboxylic acids is 2. The van der Waals surface area contributed by atoms with Crippen molar-refractivity contribution in [2.24, 2.45) is 5.73 Å². The molecule has 0 radical (unpaired) electrons. The Bertz CT molecular complexity index is 898. The van der Waals surface area contributed by atoms with Crippen LogP contribution in [0.3, 0.4) is 0 Å². The molecule has 0 fully saturated rings. The van der Waals surface area contributed by atoms with Crippen LogP contribution in [-0.2, 0) is 0 Å². The number of hydrogen-bond donors (Lipinski definition) is 4. The van der Waals surface area contributed by atoms with Gasteiger partial charge in [-0.25, -0.2) is 9.59 Å². The average molecular weight is 387 g/mol. The Morgan fingerprint density at radius 3 is 1.71 bits per heavy atom. The Morgan fingerprint density at radius 1 is 0.821 bits per heavy atom. The van der Waals surface area contributed by atoms with Crippen molar-refractivity contribution in [2.75, 3.05) is 19.8 Å². The summed E-state index contributed by atoms with van der Waals surface area (Å²) in [6.07, 6.45) is 0. The van der Waals surface area contributed by atoms with Crippen LogP contribution < -0.4 is 11.5 Å². The van der Waals surface area contributed by atoms with Crippen LogP contribution in [0.25, 0.3) is 0 Å². The van der Waals surface area contributed by atoms with Gasteiger partial charge in [0.05, 0.1) is 16.7 Å². The summed E-state index contributed by atoms with van der Waals surface area (Å²) in [6.45, 7) is 1.56. The zero-order valence-corrected chi connectivity index (χ0v) is 15.6. The molecule has 0 atom stereocenters. The van der Waals surface area contributed by atoms with Gasteiger partial charge in [0.2, 0.25) is 5.91 Å². The van der Waals surface area contributed by atoms with Crippen molar-refractivity contribution >= 4 is 29.4 Å². The fourth-order valence-electron chi connectivity index (χ4n) is 2.28. The van der Waals surface area contributed by atoms with Crippen LogP contribution in [0, 0.1) is 6.92 Å². The Balaban J connectivity index is 0.000000280. The SMILES string of the molecule is CN(C)C(=O)c1ccccc1C(=O)O.Cc1c(C(N)=O)ccc(C(=O)O)c1N. The summed E-state index contributed by atoms with van der Waals surface area (Å²) in [4.78, 5) is 45.2. The number of nitrogen functional groups attached to an aromatic ring is 1. The summed E-state index contributed by atoms with van der Waals surface area (Å²) in [5.74, 6) is -3.13. The van der Waals surface area contributed by atoms with Crippen LogP contribution in [0.4, 0.5) is 5.69 Å². The van der Waals surface area contributed by atoms with Crippen LogP contribution in [0.5, 0.6) is 0 Å². The number of aromatic carboxylic acids is 2. The van der Waals surface area contributed by atoms with E-state index in [0.29, 0.717) is 5.56 Å². The largest absolute Gasteiger partial charge is 0.478 e. The summed E-state index contributed by atoms with van der Waals surface area (Å²) >= 11 is 0. The number of primary amides is 1. The lowest BCUT2D eigenvalue weighted by Gasteiger charge is -2.11. The Morgan fingerprint density at radius 2 is 1.29 bits per heavy atom. The van der Waals surface area contributed by atoms with Crippen LogP contribution in [0.1, 0.15) is 47.0 Å². The number of nitrogens with two attached hydrogens (primary N) is 2. The lowest BCUT2D eigenvalue weighted by molar-refractivity contribution is 0.0681. The zero-order chi connectivity index (χ0) is 21.6. The number of carbonyl (C=O) groups is 4. The molecule has 2 aromatic carbocycles. The number of hydrogen-bond acceptors (Lipinski definition) is 5. The number of carboxylic acids is 2. The first kappa shape index (κ1) is 22.2. The van der Waals surface area contributed by atoms with Crippen molar-refractivity contribution in [3.8, 4) is 0 Å². The second kappa shape index (κ2) is 9.17. The number of benzene rings is 2. The summed E-state index contributed by atoms with van der Waals surface area (Å²) in [5, 5.41) is 17.5. The summed E-state index contributed by atoms with van der Waals surface area (Å²) in [7, 11) is 3.17. The molecule has 0 unspecified atom stereocenters. The van der Waals surface area contributed by atoms with Gasteiger partial charge in [0.1, 0.15) is 0 Å².